The van der Waals surface area contributed by atoms with Crippen molar-refractivity contribution in [1.29, 1.82) is 0 Å². The van der Waals surface area contributed by atoms with Gasteiger partial charge in [0, 0.05) is 32.2 Å². The summed E-state index contributed by atoms with van der Waals surface area (Å²) in [4.78, 5) is 0. The molecule has 2 aliphatic rings. The number of hydrogen-bond donors (Lipinski definition) is 1. The summed E-state index contributed by atoms with van der Waals surface area (Å²) in [5.41, 5.74) is 0. The van der Waals surface area contributed by atoms with Gasteiger partial charge in [-0.3, -0.25) is 0 Å². The molecule has 0 bridgehead atoms. The van der Waals surface area contributed by atoms with E-state index in [1.165, 1.54) is 0 Å². The van der Waals surface area contributed by atoms with Crippen molar-refractivity contribution in [2.45, 2.75) is 45.1 Å². The Bertz CT molecular complexity index is 383. The molecular formula is C13H27N3O2S. The molecule has 2 aliphatic heterocycles. The normalized spacial score (nSPS) is 30.8. The highest BCUT2D eigenvalue weighted by Crippen LogP contribution is 2.27. The fourth-order valence-corrected chi connectivity index (χ4v) is 5.15. The van der Waals surface area contributed by atoms with E-state index < -0.39 is 10.2 Å². The molecule has 0 aromatic carbocycles. The quantitative estimate of drug-likeness (QED) is 0.823. The third-order valence-corrected chi connectivity index (χ3v) is 6.52. The van der Waals surface area contributed by atoms with Crippen LogP contribution in [0.15, 0.2) is 0 Å². The lowest BCUT2D eigenvalue weighted by atomic mass is 10.1. The van der Waals surface area contributed by atoms with Crippen molar-refractivity contribution in [3.05, 3.63) is 0 Å². The fourth-order valence-electron chi connectivity index (χ4n) is 3.21. The third-order valence-electron chi connectivity index (χ3n) is 4.46. The van der Waals surface area contributed by atoms with Crippen molar-refractivity contribution >= 4 is 10.2 Å². The van der Waals surface area contributed by atoms with Crippen molar-refractivity contribution in [2.75, 3.05) is 33.2 Å². The molecule has 0 aromatic rings. The van der Waals surface area contributed by atoms with Crippen LogP contribution in [0.25, 0.3) is 0 Å². The summed E-state index contributed by atoms with van der Waals surface area (Å²) in [6.07, 6.45) is 5.19. The molecule has 2 atom stereocenters. The second-order valence-corrected chi connectivity index (χ2v) is 7.63. The van der Waals surface area contributed by atoms with Gasteiger partial charge < -0.3 is 5.32 Å². The van der Waals surface area contributed by atoms with E-state index in [-0.39, 0.29) is 6.04 Å². The number of hydrogen-bond acceptors (Lipinski definition) is 3. The maximum Gasteiger partial charge on any atom is 0.282 e. The van der Waals surface area contributed by atoms with E-state index in [0.717, 1.165) is 38.6 Å². The summed E-state index contributed by atoms with van der Waals surface area (Å²) in [6, 6.07) is 0.129. The largest absolute Gasteiger partial charge is 0.318 e. The van der Waals surface area contributed by atoms with Crippen molar-refractivity contribution in [1.82, 2.24) is 13.9 Å². The summed E-state index contributed by atoms with van der Waals surface area (Å²) < 4.78 is 29.0. The molecule has 2 fully saturated rings. The number of nitrogens with one attached hydrogen (secondary N) is 1. The summed E-state index contributed by atoms with van der Waals surface area (Å²) in [6.45, 7) is 4.99. The predicted octanol–water partition coefficient (Wildman–Crippen LogP) is 1.04. The van der Waals surface area contributed by atoms with Crippen LogP contribution in [0.1, 0.15) is 39.0 Å². The van der Waals surface area contributed by atoms with Gasteiger partial charge >= 0.3 is 0 Å². The van der Waals surface area contributed by atoms with Crippen LogP contribution in [0.2, 0.25) is 0 Å². The van der Waals surface area contributed by atoms with Crippen molar-refractivity contribution < 1.29 is 8.42 Å². The van der Waals surface area contributed by atoms with E-state index in [1.807, 2.05) is 7.05 Å². The molecule has 2 rings (SSSR count). The van der Waals surface area contributed by atoms with E-state index in [9.17, 15) is 8.42 Å². The first-order valence-electron chi connectivity index (χ1n) is 7.51. The zero-order valence-electron chi connectivity index (χ0n) is 12.1. The van der Waals surface area contributed by atoms with Gasteiger partial charge in [-0.25, -0.2) is 0 Å². The molecule has 0 amide bonds. The molecule has 2 saturated heterocycles. The minimum atomic E-state index is -3.25. The molecule has 0 aliphatic carbocycles. The van der Waals surface area contributed by atoms with Gasteiger partial charge in [0.1, 0.15) is 0 Å². The highest BCUT2D eigenvalue weighted by atomic mass is 32.2. The van der Waals surface area contributed by atoms with Crippen molar-refractivity contribution in [2.24, 2.45) is 5.92 Å². The number of piperidine rings is 1. The first-order valence-corrected chi connectivity index (χ1v) is 8.90. The van der Waals surface area contributed by atoms with E-state index in [2.05, 4.69) is 12.2 Å². The van der Waals surface area contributed by atoms with Gasteiger partial charge in [0.25, 0.3) is 10.2 Å². The standard InChI is InChI=1S/C13H27N3O2S/c1-3-12-7-9-15(11-12)19(17,18)16-8-5-4-6-13(16)10-14-2/h12-14H,3-11H2,1-2H3. The van der Waals surface area contributed by atoms with E-state index in [0.29, 0.717) is 25.6 Å². The van der Waals surface area contributed by atoms with Crippen LogP contribution in [0.4, 0.5) is 0 Å². The Morgan fingerprint density at radius 2 is 2.00 bits per heavy atom. The Morgan fingerprint density at radius 3 is 2.63 bits per heavy atom. The van der Waals surface area contributed by atoms with E-state index in [1.54, 1.807) is 8.61 Å². The topological polar surface area (TPSA) is 52.7 Å². The zero-order chi connectivity index (χ0) is 13.9. The highest BCUT2D eigenvalue weighted by Gasteiger charge is 2.39. The van der Waals surface area contributed by atoms with Crippen LogP contribution < -0.4 is 5.32 Å². The van der Waals surface area contributed by atoms with Crippen LogP contribution in [0.5, 0.6) is 0 Å². The van der Waals surface area contributed by atoms with Gasteiger partial charge in [-0.05, 0) is 32.2 Å². The minimum Gasteiger partial charge on any atom is -0.318 e. The lowest BCUT2D eigenvalue weighted by Crippen LogP contribution is -2.52. The molecule has 0 aromatic heterocycles. The van der Waals surface area contributed by atoms with Crippen molar-refractivity contribution in [3.63, 3.8) is 0 Å². The van der Waals surface area contributed by atoms with Gasteiger partial charge in [0.15, 0.2) is 0 Å². The molecule has 0 spiro atoms. The first kappa shape index (κ1) is 15.2. The van der Waals surface area contributed by atoms with Crippen LogP contribution in [-0.2, 0) is 10.2 Å². The maximum absolute atomic E-state index is 12.8. The third kappa shape index (κ3) is 3.29. The molecule has 0 saturated carbocycles. The average molecular weight is 289 g/mol. The first-order chi connectivity index (χ1) is 9.09. The smallest absolute Gasteiger partial charge is 0.282 e. The summed E-state index contributed by atoms with van der Waals surface area (Å²) in [5.74, 6) is 0.544. The van der Waals surface area contributed by atoms with Crippen LogP contribution in [0.3, 0.4) is 0 Å². The summed E-state index contributed by atoms with van der Waals surface area (Å²) in [5, 5.41) is 3.13. The summed E-state index contributed by atoms with van der Waals surface area (Å²) >= 11 is 0. The summed E-state index contributed by atoms with van der Waals surface area (Å²) in [7, 11) is -1.36. The number of rotatable bonds is 5. The van der Waals surface area contributed by atoms with Gasteiger partial charge in [-0.2, -0.15) is 17.0 Å². The minimum absolute atomic E-state index is 0.129. The molecule has 1 N–H and O–H groups in total. The predicted molar refractivity (Wildman–Crippen MR) is 77.2 cm³/mol. The fraction of sp³-hybridized carbons (Fsp3) is 1.00. The Morgan fingerprint density at radius 1 is 1.21 bits per heavy atom. The van der Waals surface area contributed by atoms with Crippen LogP contribution in [-0.4, -0.2) is 56.3 Å². The second kappa shape index (κ2) is 6.52. The molecular weight excluding hydrogens is 262 g/mol. The highest BCUT2D eigenvalue weighted by molar-refractivity contribution is 7.86. The van der Waals surface area contributed by atoms with Gasteiger partial charge in [0.2, 0.25) is 0 Å². The van der Waals surface area contributed by atoms with E-state index >= 15 is 0 Å². The number of nitrogens with zero attached hydrogens (tertiary/aromatic N) is 2. The molecule has 2 heterocycles. The molecule has 19 heavy (non-hydrogen) atoms. The zero-order valence-corrected chi connectivity index (χ0v) is 13.0. The van der Waals surface area contributed by atoms with Crippen LogP contribution >= 0.6 is 0 Å². The van der Waals surface area contributed by atoms with Gasteiger partial charge in [-0.15, -0.1) is 0 Å². The van der Waals surface area contributed by atoms with Gasteiger partial charge in [-0.1, -0.05) is 19.8 Å². The Labute approximate surface area is 117 Å². The lowest BCUT2D eigenvalue weighted by Gasteiger charge is -2.37. The lowest BCUT2D eigenvalue weighted by molar-refractivity contribution is 0.232. The average Bonchev–Trinajstić information content (AvgIpc) is 2.89. The van der Waals surface area contributed by atoms with E-state index in [4.69, 9.17) is 0 Å². The molecule has 2 unspecified atom stereocenters. The van der Waals surface area contributed by atoms with Crippen molar-refractivity contribution in [3.8, 4) is 0 Å². The molecule has 6 heteroatoms. The second-order valence-electron chi connectivity index (χ2n) is 5.75. The molecule has 5 nitrogen and oxygen atoms in total. The Balaban J connectivity index is 2.09. The van der Waals surface area contributed by atoms with Crippen LogP contribution in [0, 0.1) is 5.92 Å². The molecule has 112 valence electrons. The van der Waals surface area contributed by atoms with Gasteiger partial charge in [0.05, 0.1) is 0 Å². The monoisotopic (exact) mass is 289 g/mol. The SMILES string of the molecule is CCC1CCN(S(=O)(=O)N2CCCCC2CNC)C1. The molecule has 0 radical (unpaired) electrons. The maximum atomic E-state index is 12.8. The Kier molecular flexibility index (Phi) is 5.22. The Hall–Kier alpha value is -0.170. The number of likely N-dealkylation sites (N-methyl/N-ethyl adjacent to an activating group) is 1.